The third kappa shape index (κ3) is 2.47. The van der Waals surface area contributed by atoms with Gasteiger partial charge in [-0.25, -0.2) is 0 Å². The summed E-state index contributed by atoms with van der Waals surface area (Å²) in [6, 6.07) is 2.02. The zero-order valence-corrected chi connectivity index (χ0v) is 12.3. The molecule has 0 amide bonds. The zero-order chi connectivity index (χ0) is 14.0. The highest BCUT2D eigenvalue weighted by Gasteiger charge is 2.29. The molecule has 3 heteroatoms. The van der Waals surface area contributed by atoms with E-state index in [1.54, 1.807) is 14.2 Å². The summed E-state index contributed by atoms with van der Waals surface area (Å²) in [5, 5.41) is 0. The van der Waals surface area contributed by atoms with Gasteiger partial charge in [-0.2, -0.15) is 0 Å². The number of benzene rings is 1. The van der Waals surface area contributed by atoms with Crippen LogP contribution in [0.4, 0.5) is 0 Å². The summed E-state index contributed by atoms with van der Waals surface area (Å²) in [5.41, 5.74) is 3.38. The summed E-state index contributed by atoms with van der Waals surface area (Å²) in [7, 11) is 3.42. The van der Waals surface area contributed by atoms with Gasteiger partial charge in [-0.05, 0) is 26.8 Å². The van der Waals surface area contributed by atoms with Crippen molar-refractivity contribution in [2.24, 2.45) is 0 Å². The van der Waals surface area contributed by atoms with Crippen molar-refractivity contribution in [2.45, 2.75) is 39.4 Å². The molecule has 104 valence electrons. The van der Waals surface area contributed by atoms with E-state index in [9.17, 15) is 0 Å². The zero-order valence-electron chi connectivity index (χ0n) is 12.3. The monoisotopic (exact) mass is 262 g/mol. The van der Waals surface area contributed by atoms with Gasteiger partial charge < -0.3 is 14.2 Å². The molecule has 0 unspecified atom stereocenters. The molecule has 2 atom stereocenters. The lowest BCUT2D eigenvalue weighted by atomic mass is 9.91. The van der Waals surface area contributed by atoms with Gasteiger partial charge in [0.25, 0.3) is 0 Å². The van der Waals surface area contributed by atoms with E-state index in [0.29, 0.717) is 0 Å². The predicted molar refractivity (Wildman–Crippen MR) is 76.9 cm³/mol. The number of rotatable bonds is 3. The van der Waals surface area contributed by atoms with Gasteiger partial charge >= 0.3 is 0 Å². The molecule has 0 saturated carbocycles. The minimum atomic E-state index is 0.0299. The minimum absolute atomic E-state index is 0.0299. The maximum atomic E-state index is 5.90. The van der Waals surface area contributed by atoms with Crippen molar-refractivity contribution < 1.29 is 14.2 Å². The minimum Gasteiger partial charge on any atom is -0.496 e. The Morgan fingerprint density at radius 2 is 2.00 bits per heavy atom. The van der Waals surface area contributed by atoms with E-state index in [1.165, 1.54) is 5.56 Å². The lowest BCUT2D eigenvalue weighted by Crippen LogP contribution is -2.23. The Balaban J connectivity index is 2.69. The fourth-order valence-corrected chi connectivity index (χ4v) is 2.84. The van der Waals surface area contributed by atoms with Gasteiger partial charge in [-0.3, -0.25) is 0 Å². The van der Waals surface area contributed by atoms with E-state index >= 15 is 0 Å². The summed E-state index contributed by atoms with van der Waals surface area (Å²) in [6.45, 7) is 6.15. The molecular weight excluding hydrogens is 240 g/mol. The highest BCUT2D eigenvalue weighted by molar-refractivity contribution is 5.66. The standard InChI is InChI=1S/C16H22O3/c1-6-7-12-9-14(17-4)15-11(3)19-10(2)8-13(15)16(12)18-5/h6-7,9-11H,8H2,1-5H3/b7-6+/t10-,11-/m1/s1. The number of ether oxygens (including phenoxy) is 3. The molecule has 0 radical (unpaired) electrons. The van der Waals surface area contributed by atoms with Crippen LogP contribution in [0, 0.1) is 0 Å². The first-order valence-electron chi connectivity index (χ1n) is 6.68. The Hall–Kier alpha value is -1.48. The van der Waals surface area contributed by atoms with Gasteiger partial charge in [0.1, 0.15) is 11.5 Å². The molecule has 0 aliphatic carbocycles. The molecular formula is C16H22O3. The van der Waals surface area contributed by atoms with Crippen LogP contribution in [0.3, 0.4) is 0 Å². The van der Waals surface area contributed by atoms with Crippen LogP contribution in [0.5, 0.6) is 11.5 Å². The van der Waals surface area contributed by atoms with E-state index < -0.39 is 0 Å². The molecule has 0 spiro atoms. The average Bonchev–Trinajstić information content (AvgIpc) is 2.37. The van der Waals surface area contributed by atoms with Gasteiger partial charge in [0.2, 0.25) is 0 Å². The van der Waals surface area contributed by atoms with Gasteiger partial charge in [-0.15, -0.1) is 0 Å². The molecule has 3 nitrogen and oxygen atoms in total. The van der Waals surface area contributed by atoms with Crippen molar-refractivity contribution in [3.63, 3.8) is 0 Å². The van der Waals surface area contributed by atoms with Crippen LogP contribution in [0.25, 0.3) is 6.08 Å². The second-order valence-electron chi connectivity index (χ2n) is 4.89. The largest absolute Gasteiger partial charge is 0.496 e. The van der Waals surface area contributed by atoms with Crippen LogP contribution in [0.1, 0.15) is 43.6 Å². The third-order valence-corrected chi connectivity index (χ3v) is 3.52. The van der Waals surface area contributed by atoms with Crippen molar-refractivity contribution in [2.75, 3.05) is 14.2 Å². The van der Waals surface area contributed by atoms with E-state index in [1.807, 2.05) is 25.1 Å². The molecule has 1 aliphatic heterocycles. The van der Waals surface area contributed by atoms with Crippen LogP contribution >= 0.6 is 0 Å². The summed E-state index contributed by atoms with van der Waals surface area (Å²) in [5.74, 6) is 1.82. The molecule has 0 N–H and O–H groups in total. The molecule has 19 heavy (non-hydrogen) atoms. The fraction of sp³-hybridized carbons (Fsp3) is 0.500. The number of hydrogen-bond acceptors (Lipinski definition) is 3. The molecule has 0 saturated heterocycles. The van der Waals surface area contributed by atoms with Gasteiger partial charge in [0.15, 0.2) is 0 Å². The normalized spacial score (nSPS) is 22.4. The Kier molecular flexibility index (Phi) is 4.15. The van der Waals surface area contributed by atoms with Crippen molar-refractivity contribution in [1.82, 2.24) is 0 Å². The first kappa shape index (κ1) is 13.9. The van der Waals surface area contributed by atoms with E-state index in [4.69, 9.17) is 14.2 Å². The molecule has 1 aromatic rings. The third-order valence-electron chi connectivity index (χ3n) is 3.52. The molecule has 2 rings (SSSR count). The number of allylic oxidation sites excluding steroid dienone is 1. The highest BCUT2D eigenvalue weighted by atomic mass is 16.5. The molecule has 1 aromatic carbocycles. The van der Waals surface area contributed by atoms with Crippen LogP contribution in [-0.4, -0.2) is 20.3 Å². The van der Waals surface area contributed by atoms with Crippen LogP contribution in [0.15, 0.2) is 12.1 Å². The Labute approximate surface area is 115 Å². The van der Waals surface area contributed by atoms with Crippen LogP contribution < -0.4 is 9.47 Å². The summed E-state index contributed by atoms with van der Waals surface area (Å²) in [6.07, 6.45) is 5.14. The van der Waals surface area contributed by atoms with Crippen molar-refractivity contribution in [1.29, 1.82) is 0 Å². The molecule has 1 aliphatic rings. The second kappa shape index (κ2) is 5.66. The predicted octanol–water partition coefficient (Wildman–Crippen LogP) is 3.76. The second-order valence-corrected chi connectivity index (χ2v) is 4.89. The maximum absolute atomic E-state index is 5.90. The summed E-state index contributed by atoms with van der Waals surface area (Å²) in [4.78, 5) is 0. The van der Waals surface area contributed by atoms with Gasteiger partial charge in [0.05, 0.1) is 26.4 Å². The summed E-state index contributed by atoms with van der Waals surface area (Å²) < 4.78 is 17.1. The van der Waals surface area contributed by atoms with Crippen molar-refractivity contribution in [3.8, 4) is 11.5 Å². The quantitative estimate of drug-likeness (QED) is 0.830. The Morgan fingerprint density at radius 3 is 2.58 bits per heavy atom. The first-order valence-corrected chi connectivity index (χ1v) is 6.68. The molecule has 0 aromatic heterocycles. The molecule has 1 heterocycles. The van der Waals surface area contributed by atoms with Gasteiger partial charge in [0, 0.05) is 23.1 Å². The maximum Gasteiger partial charge on any atom is 0.129 e. The number of methoxy groups -OCH3 is 2. The smallest absolute Gasteiger partial charge is 0.129 e. The first-order chi connectivity index (χ1) is 9.12. The number of fused-ring (bicyclic) bond motifs is 1. The fourth-order valence-electron chi connectivity index (χ4n) is 2.84. The lowest BCUT2D eigenvalue weighted by Gasteiger charge is -2.31. The van der Waals surface area contributed by atoms with E-state index in [-0.39, 0.29) is 12.2 Å². The average molecular weight is 262 g/mol. The Bertz CT molecular complexity index is 491. The molecule has 0 bridgehead atoms. The topological polar surface area (TPSA) is 27.7 Å². The SMILES string of the molecule is C/C=C/c1cc(OC)c2c(c1OC)C[C@@H](C)O[C@@H]2C. The molecule has 0 fully saturated rings. The summed E-state index contributed by atoms with van der Waals surface area (Å²) >= 11 is 0. The van der Waals surface area contributed by atoms with Crippen LogP contribution in [-0.2, 0) is 11.2 Å². The van der Waals surface area contributed by atoms with Crippen molar-refractivity contribution >= 4 is 6.08 Å². The number of hydrogen-bond donors (Lipinski definition) is 0. The van der Waals surface area contributed by atoms with Crippen molar-refractivity contribution in [3.05, 3.63) is 28.8 Å². The van der Waals surface area contributed by atoms with Gasteiger partial charge in [-0.1, -0.05) is 12.2 Å². The van der Waals surface area contributed by atoms with Crippen LogP contribution in [0.2, 0.25) is 0 Å². The Morgan fingerprint density at radius 1 is 1.26 bits per heavy atom. The van der Waals surface area contributed by atoms with E-state index in [2.05, 4.69) is 13.8 Å². The van der Waals surface area contributed by atoms with E-state index in [0.717, 1.165) is 29.0 Å². The lowest BCUT2D eigenvalue weighted by molar-refractivity contribution is -0.00669. The highest BCUT2D eigenvalue weighted by Crippen LogP contribution is 2.43.